The minimum atomic E-state index is -0.905. The van der Waals surface area contributed by atoms with Crippen LogP contribution in [-0.2, 0) is 0 Å². The second-order valence-electron chi connectivity index (χ2n) is 5.14. The van der Waals surface area contributed by atoms with Crippen LogP contribution in [-0.4, -0.2) is 54.2 Å². The van der Waals surface area contributed by atoms with E-state index in [2.05, 4.69) is 28.9 Å². The molecule has 1 fully saturated rings. The molecule has 1 N–H and O–H groups in total. The molecular weight excluding hydrogens is 250 g/mol. The van der Waals surface area contributed by atoms with Gasteiger partial charge in [0.25, 0.3) is 0 Å². The number of hydrogen-bond acceptors (Lipinski definition) is 5. The van der Waals surface area contributed by atoms with Crippen molar-refractivity contribution in [2.75, 3.05) is 32.6 Å². The molecule has 0 aromatic carbocycles. The monoisotopic (exact) mass is 269 g/mol. The quantitative estimate of drug-likeness (QED) is 0.882. The molecule has 0 aliphatic heterocycles. The van der Waals surface area contributed by atoms with Crippen molar-refractivity contribution in [1.29, 1.82) is 0 Å². The Morgan fingerprint density at radius 1 is 1.50 bits per heavy atom. The minimum absolute atomic E-state index is 0.226. The van der Waals surface area contributed by atoms with Gasteiger partial charge in [-0.2, -0.15) is 0 Å². The smallest absolute Gasteiger partial charge is 0.347 e. The number of carbonyl (C=O) groups is 1. The van der Waals surface area contributed by atoms with E-state index in [4.69, 9.17) is 5.11 Å². The topological polar surface area (TPSA) is 56.7 Å². The fourth-order valence-corrected chi connectivity index (χ4v) is 3.10. The predicted molar refractivity (Wildman–Crippen MR) is 72.6 cm³/mol. The molecule has 0 bridgehead atoms. The number of likely N-dealkylation sites (N-methyl/N-ethyl adjacent to an activating group) is 2. The molecular formula is C12H19N3O2S. The Hall–Kier alpha value is -1.14. The lowest BCUT2D eigenvalue weighted by Crippen LogP contribution is -2.56. The summed E-state index contributed by atoms with van der Waals surface area (Å²) < 4.78 is 0. The van der Waals surface area contributed by atoms with Gasteiger partial charge in [-0.25, -0.2) is 9.78 Å². The second kappa shape index (κ2) is 4.85. The van der Waals surface area contributed by atoms with E-state index in [1.54, 1.807) is 0 Å². The summed E-state index contributed by atoms with van der Waals surface area (Å²) in [6.45, 7) is 0.895. The second-order valence-corrected chi connectivity index (χ2v) is 6.15. The molecule has 0 amide bonds. The van der Waals surface area contributed by atoms with Crippen molar-refractivity contribution >= 4 is 22.4 Å². The number of aromatic nitrogens is 1. The highest BCUT2D eigenvalue weighted by molar-refractivity contribution is 7.17. The van der Waals surface area contributed by atoms with Crippen LogP contribution in [0.5, 0.6) is 0 Å². The van der Waals surface area contributed by atoms with Gasteiger partial charge >= 0.3 is 5.97 Å². The van der Waals surface area contributed by atoms with Gasteiger partial charge in [0.05, 0.1) is 6.20 Å². The van der Waals surface area contributed by atoms with Gasteiger partial charge in [0.2, 0.25) is 0 Å². The number of aromatic carboxylic acids is 1. The average Bonchev–Trinajstić information content (AvgIpc) is 2.71. The molecule has 2 rings (SSSR count). The first-order valence-electron chi connectivity index (χ1n) is 6.02. The van der Waals surface area contributed by atoms with Crippen LogP contribution < -0.4 is 4.90 Å². The summed E-state index contributed by atoms with van der Waals surface area (Å²) in [5, 5.41) is 9.68. The molecule has 1 heterocycles. The van der Waals surface area contributed by atoms with Crippen molar-refractivity contribution in [1.82, 2.24) is 9.88 Å². The zero-order chi connectivity index (χ0) is 13.3. The number of anilines is 1. The number of hydrogen-bond donors (Lipinski definition) is 1. The van der Waals surface area contributed by atoms with E-state index in [0.29, 0.717) is 4.88 Å². The Balaban J connectivity index is 2.06. The Morgan fingerprint density at radius 3 is 2.56 bits per heavy atom. The van der Waals surface area contributed by atoms with E-state index >= 15 is 0 Å². The van der Waals surface area contributed by atoms with E-state index in [9.17, 15) is 4.79 Å². The van der Waals surface area contributed by atoms with Crippen LogP contribution in [0, 0.1) is 0 Å². The lowest BCUT2D eigenvalue weighted by Gasteiger charge is -2.49. The minimum Gasteiger partial charge on any atom is -0.477 e. The van der Waals surface area contributed by atoms with Crippen molar-refractivity contribution in [3.63, 3.8) is 0 Å². The highest BCUT2D eigenvalue weighted by Crippen LogP contribution is 2.37. The van der Waals surface area contributed by atoms with Crippen molar-refractivity contribution in [2.45, 2.75) is 24.8 Å². The number of carboxylic acids is 1. The Kier molecular flexibility index (Phi) is 3.59. The first-order chi connectivity index (χ1) is 8.44. The van der Waals surface area contributed by atoms with Crippen LogP contribution in [0.15, 0.2) is 6.20 Å². The van der Waals surface area contributed by atoms with Crippen LogP contribution in [0.4, 0.5) is 5.13 Å². The highest BCUT2D eigenvalue weighted by Gasteiger charge is 2.40. The van der Waals surface area contributed by atoms with E-state index in [1.807, 2.05) is 7.05 Å². The molecule has 5 nitrogen and oxygen atoms in total. The summed E-state index contributed by atoms with van der Waals surface area (Å²) in [6.07, 6.45) is 5.09. The number of carboxylic acid groups (broad SMARTS) is 1. The predicted octanol–water partition coefficient (Wildman–Crippen LogP) is 1.76. The molecule has 1 aromatic rings. The first-order valence-corrected chi connectivity index (χ1v) is 6.84. The van der Waals surface area contributed by atoms with Gasteiger partial charge in [0, 0.05) is 19.1 Å². The third kappa shape index (κ3) is 2.35. The molecule has 6 heteroatoms. The summed E-state index contributed by atoms with van der Waals surface area (Å²) >= 11 is 1.23. The van der Waals surface area contributed by atoms with Crippen LogP contribution in [0.2, 0.25) is 0 Å². The zero-order valence-corrected chi connectivity index (χ0v) is 11.8. The third-order valence-corrected chi connectivity index (χ3v) is 4.89. The zero-order valence-electron chi connectivity index (χ0n) is 11.0. The van der Waals surface area contributed by atoms with E-state index in [1.165, 1.54) is 36.8 Å². The fourth-order valence-electron chi connectivity index (χ4n) is 2.38. The number of rotatable bonds is 5. The Labute approximate surface area is 111 Å². The molecule has 0 radical (unpaired) electrons. The molecule has 0 spiro atoms. The summed E-state index contributed by atoms with van der Waals surface area (Å²) in [5.74, 6) is -0.905. The van der Waals surface area contributed by atoms with Gasteiger partial charge < -0.3 is 14.9 Å². The average molecular weight is 269 g/mol. The van der Waals surface area contributed by atoms with E-state index < -0.39 is 5.97 Å². The van der Waals surface area contributed by atoms with Crippen LogP contribution in [0.3, 0.4) is 0 Å². The van der Waals surface area contributed by atoms with Crippen LogP contribution in [0.1, 0.15) is 28.9 Å². The fraction of sp³-hybridized carbons (Fsp3) is 0.667. The van der Waals surface area contributed by atoms with Gasteiger partial charge in [-0.3, -0.25) is 0 Å². The normalized spacial score (nSPS) is 17.6. The molecule has 0 unspecified atom stereocenters. The van der Waals surface area contributed by atoms with Crippen LogP contribution >= 0.6 is 11.3 Å². The summed E-state index contributed by atoms with van der Waals surface area (Å²) in [5.41, 5.74) is 0.226. The number of nitrogens with zero attached hydrogens (tertiary/aromatic N) is 3. The van der Waals surface area contributed by atoms with Crippen molar-refractivity contribution in [3.8, 4) is 0 Å². The van der Waals surface area contributed by atoms with Crippen LogP contribution in [0.25, 0.3) is 0 Å². The van der Waals surface area contributed by atoms with Crippen molar-refractivity contribution in [3.05, 3.63) is 11.1 Å². The van der Waals surface area contributed by atoms with Gasteiger partial charge in [-0.05, 0) is 33.4 Å². The summed E-state index contributed by atoms with van der Waals surface area (Å²) in [4.78, 5) is 19.7. The highest BCUT2D eigenvalue weighted by atomic mass is 32.1. The van der Waals surface area contributed by atoms with Gasteiger partial charge in [0.15, 0.2) is 5.13 Å². The maximum absolute atomic E-state index is 10.8. The van der Waals surface area contributed by atoms with Crippen molar-refractivity contribution < 1.29 is 9.90 Å². The van der Waals surface area contributed by atoms with Crippen molar-refractivity contribution in [2.24, 2.45) is 0 Å². The molecule has 1 aliphatic rings. The SMILES string of the molecule is CN(CC1(N(C)C)CCC1)c1ncc(C(=O)O)s1. The summed E-state index contributed by atoms with van der Waals surface area (Å²) in [6, 6.07) is 0. The first kappa shape index (κ1) is 13.3. The molecule has 1 aromatic heterocycles. The molecule has 18 heavy (non-hydrogen) atoms. The molecule has 1 aliphatic carbocycles. The number of thiazole rings is 1. The molecule has 0 saturated heterocycles. The van der Waals surface area contributed by atoms with E-state index in [0.717, 1.165) is 11.7 Å². The maximum atomic E-state index is 10.8. The van der Waals surface area contributed by atoms with Gasteiger partial charge in [-0.1, -0.05) is 11.3 Å². The standard InChI is InChI=1S/C12H19N3O2S/c1-14(2)12(5-4-6-12)8-15(3)11-13-7-9(18-11)10(16)17/h7H,4-6,8H2,1-3H3,(H,16,17). The Bertz CT molecular complexity index is 440. The van der Waals surface area contributed by atoms with Gasteiger partial charge in [0.1, 0.15) is 4.88 Å². The van der Waals surface area contributed by atoms with Gasteiger partial charge in [-0.15, -0.1) is 0 Å². The lowest BCUT2D eigenvalue weighted by atomic mass is 9.75. The third-order valence-electron chi connectivity index (χ3n) is 3.80. The molecule has 0 atom stereocenters. The van der Waals surface area contributed by atoms with E-state index in [-0.39, 0.29) is 5.54 Å². The summed E-state index contributed by atoms with van der Waals surface area (Å²) in [7, 11) is 6.20. The molecule has 100 valence electrons. The lowest BCUT2D eigenvalue weighted by molar-refractivity contribution is 0.0683. The maximum Gasteiger partial charge on any atom is 0.347 e. The largest absolute Gasteiger partial charge is 0.477 e. The Morgan fingerprint density at radius 2 is 2.17 bits per heavy atom. The molecule has 1 saturated carbocycles.